The highest BCUT2D eigenvalue weighted by atomic mass is 16.3. The quantitative estimate of drug-likeness (QED) is 0.616. The van der Waals surface area contributed by atoms with E-state index in [0.717, 1.165) is 12.3 Å². The fourth-order valence-electron chi connectivity index (χ4n) is 1.42. The van der Waals surface area contributed by atoms with Crippen LogP contribution in [0.1, 0.15) is 32.6 Å². The molecule has 0 bridgehead atoms. The van der Waals surface area contributed by atoms with Gasteiger partial charge in [-0.2, -0.15) is 0 Å². The molecule has 0 aliphatic heterocycles. The van der Waals surface area contributed by atoms with Crippen LogP contribution in [0, 0.1) is 5.92 Å². The Balaban J connectivity index is 2.21. The van der Waals surface area contributed by atoms with Gasteiger partial charge >= 0.3 is 0 Å². The van der Waals surface area contributed by atoms with Gasteiger partial charge in [0.25, 0.3) is 0 Å². The predicted molar refractivity (Wildman–Crippen MR) is 41.6 cm³/mol. The van der Waals surface area contributed by atoms with Crippen molar-refractivity contribution < 1.29 is 5.11 Å². The fraction of sp³-hybridized carbons (Fsp3) is 1.00. The van der Waals surface area contributed by atoms with Gasteiger partial charge in [0, 0.05) is 5.54 Å². The first-order valence-electron chi connectivity index (χ1n) is 4.04. The molecule has 0 aromatic carbocycles. The van der Waals surface area contributed by atoms with E-state index in [1.54, 1.807) is 0 Å². The molecule has 1 aliphatic rings. The van der Waals surface area contributed by atoms with Crippen molar-refractivity contribution in [1.29, 1.82) is 0 Å². The lowest BCUT2D eigenvalue weighted by Crippen LogP contribution is -2.43. The normalized spacial score (nSPS) is 25.5. The van der Waals surface area contributed by atoms with Gasteiger partial charge in [0.05, 0.1) is 6.61 Å². The van der Waals surface area contributed by atoms with E-state index < -0.39 is 0 Å². The van der Waals surface area contributed by atoms with Crippen LogP contribution in [0.5, 0.6) is 0 Å². The van der Waals surface area contributed by atoms with Crippen molar-refractivity contribution in [1.82, 2.24) is 0 Å². The lowest BCUT2D eigenvalue weighted by Gasteiger charge is -2.32. The first-order valence-corrected chi connectivity index (χ1v) is 4.04. The number of hydrogen-bond acceptors (Lipinski definition) is 2. The molecule has 0 heterocycles. The summed E-state index contributed by atoms with van der Waals surface area (Å²) in [5, 5.41) is 8.84. The molecule has 2 nitrogen and oxygen atoms in total. The van der Waals surface area contributed by atoms with Gasteiger partial charge in [-0.25, -0.2) is 0 Å². The minimum Gasteiger partial charge on any atom is -0.394 e. The summed E-state index contributed by atoms with van der Waals surface area (Å²) >= 11 is 0. The zero-order valence-electron chi connectivity index (χ0n) is 6.64. The van der Waals surface area contributed by atoms with Crippen molar-refractivity contribution in [3.05, 3.63) is 0 Å². The first kappa shape index (κ1) is 8.02. The molecule has 0 spiro atoms. The molecule has 1 rings (SSSR count). The third-order valence-electron chi connectivity index (χ3n) is 2.34. The van der Waals surface area contributed by atoms with E-state index in [9.17, 15) is 0 Å². The molecule has 1 fully saturated rings. The van der Waals surface area contributed by atoms with E-state index in [-0.39, 0.29) is 12.1 Å². The Morgan fingerprint density at radius 2 is 2.20 bits per heavy atom. The zero-order valence-corrected chi connectivity index (χ0v) is 6.64. The van der Waals surface area contributed by atoms with Crippen molar-refractivity contribution in [2.24, 2.45) is 11.7 Å². The lowest BCUT2D eigenvalue weighted by atomic mass is 9.77. The van der Waals surface area contributed by atoms with Crippen LogP contribution in [0.15, 0.2) is 0 Å². The van der Waals surface area contributed by atoms with Gasteiger partial charge in [-0.15, -0.1) is 0 Å². The monoisotopic (exact) mass is 143 g/mol. The number of rotatable bonds is 3. The molecule has 0 saturated heterocycles. The lowest BCUT2D eigenvalue weighted by molar-refractivity contribution is 0.154. The van der Waals surface area contributed by atoms with E-state index in [4.69, 9.17) is 10.8 Å². The van der Waals surface area contributed by atoms with Crippen LogP contribution >= 0.6 is 0 Å². The molecule has 2 heteroatoms. The van der Waals surface area contributed by atoms with E-state index in [0.29, 0.717) is 0 Å². The number of hydrogen-bond donors (Lipinski definition) is 2. The molecule has 0 radical (unpaired) electrons. The molecule has 1 unspecified atom stereocenters. The van der Waals surface area contributed by atoms with E-state index in [1.165, 1.54) is 19.3 Å². The number of aliphatic hydroxyl groups excluding tert-OH is 1. The Morgan fingerprint density at radius 1 is 1.60 bits per heavy atom. The molecular formula is C8H17NO. The highest BCUT2D eigenvalue weighted by Gasteiger charge is 2.26. The predicted octanol–water partition coefficient (Wildman–Crippen LogP) is 0.886. The molecule has 1 saturated carbocycles. The highest BCUT2D eigenvalue weighted by molar-refractivity contribution is 4.84. The molecule has 1 atom stereocenters. The van der Waals surface area contributed by atoms with Crippen molar-refractivity contribution in [3.63, 3.8) is 0 Å². The molecular weight excluding hydrogens is 126 g/mol. The Morgan fingerprint density at radius 3 is 2.50 bits per heavy atom. The second kappa shape index (κ2) is 2.89. The highest BCUT2D eigenvalue weighted by Crippen LogP contribution is 2.32. The van der Waals surface area contributed by atoms with Gasteiger partial charge in [-0.1, -0.05) is 19.3 Å². The average molecular weight is 143 g/mol. The summed E-state index contributed by atoms with van der Waals surface area (Å²) in [5.41, 5.74) is 5.45. The molecule has 60 valence electrons. The second-order valence-electron chi connectivity index (χ2n) is 3.81. The van der Waals surface area contributed by atoms with Crippen molar-refractivity contribution >= 4 is 0 Å². The summed E-state index contributed by atoms with van der Waals surface area (Å²) in [5.74, 6) is 0.794. The molecule has 0 aromatic rings. The fourth-order valence-corrected chi connectivity index (χ4v) is 1.42. The summed E-state index contributed by atoms with van der Waals surface area (Å²) in [4.78, 5) is 0. The summed E-state index contributed by atoms with van der Waals surface area (Å²) in [7, 11) is 0. The van der Waals surface area contributed by atoms with Gasteiger partial charge in [-0.05, 0) is 19.3 Å². The maximum Gasteiger partial charge on any atom is 0.0608 e. The van der Waals surface area contributed by atoms with Crippen LogP contribution in [0.25, 0.3) is 0 Å². The van der Waals surface area contributed by atoms with Crippen LogP contribution in [-0.2, 0) is 0 Å². The van der Waals surface area contributed by atoms with Crippen molar-refractivity contribution in [2.75, 3.05) is 6.61 Å². The first-order chi connectivity index (χ1) is 4.64. The van der Waals surface area contributed by atoms with Gasteiger partial charge < -0.3 is 10.8 Å². The number of nitrogens with two attached hydrogens (primary N) is 1. The van der Waals surface area contributed by atoms with Gasteiger partial charge in [-0.3, -0.25) is 0 Å². The van der Waals surface area contributed by atoms with Crippen LogP contribution < -0.4 is 5.73 Å². The van der Waals surface area contributed by atoms with Crippen LogP contribution in [0.3, 0.4) is 0 Å². The van der Waals surface area contributed by atoms with Gasteiger partial charge in [0.1, 0.15) is 0 Å². The van der Waals surface area contributed by atoms with Crippen LogP contribution in [-0.4, -0.2) is 17.3 Å². The maximum absolute atomic E-state index is 8.84. The standard InChI is InChI=1S/C8H17NO/c1-8(9,6-10)5-7-3-2-4-7/h7,10H,2-6,9H2,1H3. The minimum atomic E-state index is -0.328. The third-order valence-corrected chi connectivity index (χ3v) is 2.34. The summed E-state index contributed by atoms with van der Waals surface area (Å²) in [6.07, 6.45) is 4.97. The van der Waals surface area contributed by atoms with Crippen molar-refractivity contribution in [2.45, 2.75) is 38.1 Å². The average Bonchev–Trinajstić information content (AvgIpc) is 1.80. The van der Waals surface area contributed by atoms with Crippen molar-refractivity contribution in [3.8, 4) is 0 Å². The number of aliphatic hydroxyl groups is 1. The Hall–Kier alpha value is -0.0800. The van der Waals surface area contributed by atoms with Crippen LogP contribution in [0.4, 0.5) is 0 Å². The Bertz CT molecular complexity index is 108. The maximum atomic E-state index is 8.84. The van der Waals surface area contributed by atoms with E-state index in [2.05, 4.69) is 0 Å². The largest absolute Gasteiger partial charge is 0.394 e. The molecule has 10 heavy (non-hydrogen) atoms. The second-order valence-corrected chi connectivity index (χ2v) is 3.81. The minimum absolute atomic E-state index is 0.115. The van der Waals surface area contributed by atoms with Crippen LogP contribution in [0.2, 0.25) is 0 Å². The SMILES string of the molecule is CC(N)(CO)CC1CCC1. The Labute approximate surface area is 62.4 Å². The van der Waals surface area contributed by atoms with Gasteiger partial charge in [0.2, 0.25) is 0 Å². The molecule has 3 N–H and O–H groups in total. The zero-order chi connectivity index (χ0) is 7.61. The summed E-state index contributed by atoms with van der Waals surface area (Å²) < 4.78 is 0. The molecule has 0 aromatic heterocycles. The van der Waals surface area contributed by atoms with Gasteiger partial charge in [0.15, 0.2) is 0 Å². The molecule has 0 amide bonds. The summed E-state index contributed by atoms with van der Waals surface area (Å²) in [6.45, 7) is 2.04. The third kappa shape index (κ3) is 1.96. The Kier molecular flexibility index (Phi) is 2.32. The smallest absolute Gasteiger partial charge is 0.0608 e. The van der Waals surface area contributed by atoms with E-state index >= 15 is 0 Å². The molecule has 1 aliphatic carbocycles. The van der Waals surface area contributed by atoms with E-state index in [1.807, 2.05) is 6.92 Å². The topological polar surface area (TPSA) is 46.2 Å². The summed E-state index contributed by atoms with van der Waals surface area (Å²) in [6, 6.07) is 0.